The van der Waals surface area contributed by atoms with Crippen molar-refractivity contribution in [3.63, 3.8) is 0 Å². The molecule has 0 amide bonds. The van der Waals surface area contributed by atoms with Crippen LogP contribution in [0.15, 0.2) is 12.4 Å². The van der Waals surface area contributed by atoms with E-state index in [4.69, 9.17) is 4.74 Å². The van der Waals surface area contributed by atoms with Crippen molar-refractivity contribution in [3.8, 4) is 0 Å². The van der Waals surface area contributed by atoms with E-state index in [9.17, 15) is 13.2 Å². The lowest BCUT2D eigenvalue weighted by Crippen LogP contribution is -2.43. The average Bonchev–Trinajstić information content (AvgIpc) is 2.91. The first-order chi connectivity index (χ1) is 9.53. The van der Waals surface area contributed by atoms with Crippen LogP contribution < -0.4 is 4.72 Å². The number of hydrogen-bond donors (Lipinski definition) is 2. The average molecular weight is 302 g/mol. The topological polar surface area (TPSA) is 104 Å². The number of hydrogen-bond acceptors (Lipinski definition) is 5. The fourth-order valence-corrected chi connectivity index (χ4v) is 3.28. The lowest BCUT2D eigenvalue weighted by Gasteiger charge is -2.29. The number of piperidine rings is 1. The number of aromatic amines is 1. The van der Waals surface area contributed by atoms with E-state index in [1.54, 1.807) is 6.92 Å². The van der Waals surface area contributed by atoms with Crippen LogP contribution in [-0.4, -0.2) is 48.4 Å². The first-order valence-electron chi connectivity index (χ1n) is 6.47. The van der Waals surface area contributed by atoms with Gasteiger partial charge in [0.05, 0.1) is 12.5 Å². The first-order valence-corrected chi connectivity index (χ1v) is 7.91. The zero-order chi connectivity index (χ0) is 14.6. The lowest BCUT2D eigenvalue weighted by atomic mass is 9.98. The predicted octanol–water partition coefficient (Wildman–Crippen LogP) is 0.341. The van der Waals surface area contributed by atoms with Crippen LogP contribution in [0.2, 0.25) is 0 Å². The Morgan fingerprint density at radius 2 is 2.25 bits per heavy atom. The Bertz CT molecular complexity index is 535. The molecule has 0 aromatic carbocycles. The molecule has 1 aliphatic rings. The molecule has 2 heterocycles. The number of rotatable bonds is 5. The summed E-state index contributed by atoms with van der Waals surface area (Å²) in [6.45, 7) is 2.68. The number of imidazole rings is 1. The van der Waals surface area contributed by atoms with Gasteiger partial charge in [-0.05, 0) is 19.8 Å². The third-order valence-corrected chi connectivity index (χ3v) is 4.63. The van der Waals surface area contributed by atoms with E-state index in [1.165, 1.54) is 16.7 Å². The maximum absolute atomic E-state index is 12.1. The summed E-state index contributed by atoms with van der Waals surface area (Å²) in [4.78, 5) is 18.1. The highest BCUT2D eigenvalue weighted by atomic mass is 32.2. The standard InChI is InChI=1S/C11H18N4O4S/c1-2-19-10(16)9-3-7-15(8-4-9)20(17,18)14-11-12-5-6-13-11/h5-6,9H,2-4,7-8H2,1H3,(H2,12,13,14). The van der Waals surface area contributed by atoms with Crippen molar-refractivity contribution in [1.82, 2.24) is 14.3 Å². The number of nitrogens with one attached hydrogen (secondary N) is 2. The summed E-state index contributed by atoms with van der Waals surface area (Å²) in [5.74, 6) is -0.286. The van der Waals surface area contributed by atoms with Gasteiger partial charge < -0.3 is 9.72 Å². The molecule has 9 heteroatoms. The Kier molecular flexibility index (Phi) is 4.61. The summed E-state index contributed by atoms with van der Waals surface area (Å²) in [6, 6.07) is 0. The second-order valence-corrected chi connectivity index (χ2v) is 6.14. The van der Waals surface area contributed by atoms with E-state index >= 15 is 0 Å². The summed E-state index contributed by atoms with van der Waals surface area (Å²) in [5.41, 5.74) is 0. The number of nitrogens with zero attached hydrogens (tertiary/aromatic N) is 2. The van der Waals surface area contributed by atoms with Crippen molar-refractivity contribution in [3.05, 3.63) is 12.4 Å². The molecule has 0 atom stereocenters. The van der Waals surface area contributed by atoms with Crippen LogP contribution in [0.5, 0.6) is 0 Å². The minimum atomic E-state index is -3.63. The van der Waals surface area contributed by atoms with E-state index in [0.717, 1.165) is 0 Å². The van der Waals surface area contributed by atoms with E-state index < -0.39 is 10.2 Å². The number of ether oxygens (including phenoxy) is 1. The predicted molar refractivity (Wildman–Crippen MR) is 72.1 cm³/mol. The maximum atomic E-state index is 12.1. The van der Waals surface area contributed by atoms with Crippen molar-refractivity contribution in [2.24, 2.45) is 5.92 Å². The molecule has 1 aromatic rings. The summed E-state index contributed by atoms with van der Waals surface area (Å²) in [7, 11) is -3.63. The Hall–Kier alpha value is -1.61. The molecule has 0 bridgehead atoms. The number of aromatic nitrogens is 2. The van der Waals surface area contributed by atoms with Crippen LogP contribution in [0.3, 0.4) is 0 Å². The smallest absolute Gasteiger partial charge is 0.309 e. The van der Waals surface area contributed by atoms with Crippen molar-refractivity contribution < 1.29 is 17.9 Å². The Morgan fingerprint density at radius 1 is 1.55 bits per heavy atom. The van der Waals surface area contributed by atoms with Crippen LogP contribution in [0, 0.1) is 5.92 Å². The van der Waals surface area contributed by atoms with Gasteiger partial charge in [-0.1, -0.05) is 0 Å². The van der Waals surface area contributed by atoms with Crippen LogP contribution >= 0.6 is 0 Å². The molecule has 0 saturated carbocycles. The molecule has 0 unspecified atom stereocenters. The molecule has 0 spiro atoms. The molecule has 0 aliphatic carbocycles. The molecule has 112 valence electrons. The van der Waals surface area contributed by atoms with Gasteiger partial charge in [0, 0.05) is 25.5 Å². The summed E-state index contributed by atoms with van der Waals surface area (Å²) in [5, 5.41) is 0. The third-order valence-electron chi connectivity index (χ3n) is 3.14. The molecule has 0 radical (unpaired) electrons. The van der Waals surface area contributed by atoms with Gasteiger partial charge in [0.25, 0.3) is 0 Å². The van der Waals surface area contributed by atoms with Gasteiger partial charge in [0.1, 0.15) is 0 Å². The minimum Gasteiger partial charge on any atom is -0.466 e. The zero-order valence-electron chi connectivity index (χ0n) is 11.2. The fourth-order valence-electron chi connectivity index (χ4n) is 2.10. The molecule has 1 saturated heterocycles. The van der Waals surface area contributed by atoms with Crippen molar-refractivity contribution in [2.45, 2.75) is 19.8 Å². The van der Waals surface area contributed by atoms with Gasteiger partial charge in [-0.15, -0.1) is 0 Å². The van der Waals surface area contributed by atoms with Gasteiger partial charge in [0.2, 0.25) is 5.95 Å². The van der Waals surface area contributed by atoms with Crippen molar-refractivity contribution in [2.75, 3.05) is 24.4 Å². The number of H-pyrrole nitrogens is 1. The van der Waals surface area contributed by atoms with E-state index in [0.29, 0.717) is 32.5 Å². The number of carbonyl (C=O) groups excluding carboxylic acids is 1. The van der Waals surface area contributed by atoms with Gasteiger partial charge in [-0.3, -0.25) is 4.79 Å². The molecule has 2 rings (SSSR count). The molecule has 1 fully saturated rings. The van der Waals surface area contributed by atoms with Crippen LogP contribution in [0.4, 0.5) is 5.95 Å². The minimum absolute atomic E-state index is 0.178. The molecule has 2 N–H and O–H groups in total. The monoisotopic (exact) mass is 302 g/mol. The Balaban J connectivity index is 1.91. The highest BCUT2D eigenvalue weighted by Crippen LogP contribution is 2.21. The summed E-state index contributed by atoms with van der Waals surface area (Å²) < 4.78 is 32.8. The van der Waals surface area contributed by atoms with Gasteiger partial charge >= 0.3 is 16.2 Å². The summed E-state index contributed by atoms with van der Waals surface area (Å²) >= 11 is 0. The largest absolute Gasteiger partial charge is 0.466 e. The van der Waals surface area contributed by atoms with E-state index in [-0.39, 0.29) is 17.8 Å². The molecule has 8 nitrogen and oxygen atoms in total. The third kappa shape index (κ3) is 3.48. The lowest BCUT2D eigenvalue weighted by molar-refractivity contribution is -0.149. The summed E-state index contributed by atoms with van der Waals surface area (Å²) in [6.07, 6.45) is 3.94. The van der Waals surface area contributed by atoms with Gasteiger partial charge in [-0.25, -0.2) is 9.71 Å². The highest BCUT2D eigenvalue weighted by molar-refractivity contribution is 7.90. The van der Waals surface area contributed by atoms with Crippen LogP contribution in [0.25, 0.3) is 0 Å². The molecule has 1 aliphatic heterocycles. The molecule has 1 aromatic heterocycles. The van der Waals surface area contributed by atoms with E-state index in [1.807, 2.05) is 0 Å². The van der Waals surface area contributed by atoms with Crippen molar-refractivity contribution >= 4 is 22.1 Å². The second-order valence-electron chi connectivity index (χ2n) is 4.47. The number of carbonyl (C=O) groups is 1. The first kappa shape index (κ1) is 14.8. The number of esters is 1. The van der Waals surface area contributed by atoms with Crippen LogP contribution in [0.1, 0.15) is 19.8 Å². The molecular formula is C11H18N4O4S. The zero-order valence-corrected chi connectivity index (χ0v) is 12.0. The van der Waals surface area contributed by atoms with Crippen LogP contribution in [-0.2, 0) is 19.7 Å². The second kappa shape index (κ2) is 6.23. The van der Waals surface area contributed by atoms with Gasteiger partial charge in [0.15, 0.2) is 0 Å². The van der Waals surface area contributed by atoms with E-state index in [2.05, 4.69) is 14.7 Å². The maximum Gasteiger partial charge on any atom is 0.309 e. The number of anilines is 1. The molecule has 20 heavy (non-hydrogen) atoms. The van der Waals surface area contributed by atoms with Crippen molar-refractivity contribution in [1.29, 1.82) is 0 Å². The fraction of sp³-hybridized carbons (Fsp3) is 0.636. The molecular weight excluding hydrogens is 284 g/mol. The van der Waals surface area contributed by atoms with Gasteiger partial charge in [-0.2, -0.15) is 12.7 Å². The Morgan fingerprint density at radius 3 is 2.80 bits per heavy atom. The quantitative estimate of drug-likeness (QED) is 0.763. The Labute approximate surface area is 117 Å². The highest BCUT2D eigenvalue weighted by Gasteiger charge is 2.32. The normalized spacial score (nSPS) is 17.9. The SMILES string of the molecule is CCOC(=O)C1CCN(S(=O)(=O)Nc2ncc[nH]2)CC1.